The Balaban J connectivity index is 0.00000450. The van der Waals surface area contributed by atoms with Crippen LogP contribution in [0, 0.1) is 12.8 Å². The highest BCUT2D eigenvalue weighted by Crippen LogP contribution is 2.17. The minimum Gasteiger partial charge on any atom is -0.369 e. The largest absolute Gasteiger partial charge is 0.369 e. The molecule has 0 radical (unpaired) electrons. The molecule has 1 fully saturated rings. The van der Waals surface area contributed by atoms with E-state index in [2.05, 4.69) is 60.6 Å². The fourth-order valence-electron chi connectivity index (χ4n) is 3.76. The van der Waals surface area contributed by atoms with E-state index in [1.807, 2.05) is 0 Å². The Kier molecular flexibility index (Phi) is 13.0. The zero-order chi connectivity index (χ0) is 21.1. The molecule has 30 heavy (non-hydrogen) atoms. The number of hydrogen-bond donors (Lipinski definition) is 3. The molecule has 6 nitrogen and oxygen atoms in total. The molecule has 1 heterocycles. The van der Waals surface area contributed by atoms with E-state index in [0.29, 0.717) is 5.92 Å². The molecular formula is C23H40IN5O. The number of unbranched alkanes of at least 4 members (excludes halogenated alkanes) is 1. The van der Waals surface area contributed by atoms with Crippen molar-refractivity contribution in [3.8, 4) is 0 Å². The predicted molar refractivity (Wildman–Crippen MR) is 137 cm³/mol. The number of rotatable bonds is 10. The van der Waals surface area contributed by atoms with Gasteiger partial charge in [0.1, 0.15) is 0 Å². The van der Waals surface area contributed by atoms with Gasteiger partial charge in [-0.1, -0.05) is 36.8 Å². The van der Waals surface area contributed by atoms with Crippen molar-refractivity contribution < 1.29 is 4.79 Å². The van der Waals surface area contributed by atoms with Crippen LogP contribution < -0.4 is 16.4 Å². The number of hydrogen-bond acceptors (Lipinski definition) is 3. The van der Waals surface area contributed by atoms with Gasteiger partial charge in [-0.15, -0.1) is 24.0 Å². The number of piperidine rings is 1. The predicted octanol–water partition coefficient (Wildman–Crippen LogP) is 3.25. The van der Waals surface area contributed by atoms with Gasteiger partial charge in [0.25, 0.3) is 0 Å². The number of guanidine groups is 1. The average molecular weight is 530 g/mol. The quantitative estimate of drug-likeness (QED) is 0.188. The Morgan fingerprint density at radius 1 is 1.27 bits per heavy atom. The van der Waals surface area contributed by atoms with Gasteiger partial charge in [0.05, 0.1) is 0 Å². The van der Waals surface area contributed by atoms with E-state index in [0.717, 1.165) is 70.9 Å². The second kappa shape index (κ2) is 14.6. The molecule has 4 N–H and O–H groups in total. The number of amides is 1. The minimum absolute atomic E-state index is 0. The molecule has 0 spiro atoms. The smallest absolute Gasteiger partial charge is 0.220 e. The summed E-state index contributed by atoms with van der Waals surface area (Å²) in [6, 6.07) is 8.67. The molecule has 1 aliphatic rings. The van der Waals surface area contributed by atoms with Gasteiger partial charge >= 0.3 is 0 Å². The Morgan fingerprint density at radius 3 is 2.63 bits per heavy atom. The molecule has 0 aromatic heterocycles. The number of benzene rings is 1. The number of carbonyl (C=O) groups excluding carboxylic acids is 1. The summed E-state index contributed by atoms with van der Waals surface area (Å²) in [5.74, 6) is 1.23. The number of nitrogens with two attached hydrogens (primary N) is 1. The van der Waals surface area contributed by atoms with Crippen molar-refractivity contribution in [3.63, 3.8) is 0 Å². The second-order valence-corrected chi connectivity index (χ2v) is 8.19. The number of nitrogens with one attached hydrogen (secondary N) is 2. The summed E-state index contributed by atoms with van der Waals surface area (Å²) < 4.78 is 0. The van der Waals surface area contributed by atoms with Crippen LogP contribution in [0.25, 0.3) is 0 Å². The van der Waals surface area contributed by atoms with Crippen LogP contribution in [0.5, 0.6) is 0 Å². The molecule has 0 bridgehead atoms. The molecule has 1 unspecified atom stereocenters. The van der Waals surface area contributed by atoms with Crippen LogP contribution in [0.4, 0.5) is 0 Å². The van der Waals surface area contributed by atoms with E-state index in [9.17, 15) is 4.79 Å². The van der Waals surface area contributed by atoms with E-state index >= 15 is 0 Å². The Hall–Kier alpha value is -1.35. The maximum absolute atomic E-state index is 11.2. The fraction of sp³-hybridized carbons (Fsp3) is 0.652. The Bertz CT molecular complexity index is 659. The molecule has 170 valence electrons. The molecule has 7 heteroatoms. The number of nitrogens with zero attached hydrogens (tertiary/aromatic N) is 2. The average Bonchev–Trinajstić information content (AvgIpc) is 2.71. The molecule has 1 aromatic rings. The lowest BCUT2D eigenvalue weighted by Gasteiger charge is -2.30. The van der Waals surface area contributed by atoms with Crippen LogP contribution in [0.1, 0.15) is 56.6 Å². The van der Waals surface area contributed by atoms with E-state index in [1.54, 1.807) is 0 Å². The SMILES string of the molecule is CCNC(=NCC(C)c1cccc(C)c1)NCCCCN1CCC(C(N)=O)CC1.I. The van der Waals surface area contributed by atoms with Crippen molar-refractivity contribution in [2.24, 2.45) is 16.6 Å². The zero-order valence-electron chi connectivity index (χ0n) is 18.8. The van der Waals surface area contributed by atoms with Gasteiger partial charge in [-0.25, -0.2) is 0 Å². The molecule has 0 aliphatic carbocycles. The van der Waals surface area contributed by atoms with Crippen LogP contribution in [0.2, 0.25) is 0 Å². The lowest BCUT2D eigenvalue weighted by molar-refractivity contribution is -0.123. The van der Waals surface area contributed by atoms with Crippen molar-refractivity contribution in [1.29, 1.82) is 0 Å². The van der Waals surface area contributed by atoms with Gasteiger partial charge in [0, 0.05) is 31.5 Å². The maximum Gasteiger partial charge on any atom is 0.220 e. The van der Waals surface area contributed by atoms with Crippen molar-refractivity contribution in [1.82, 2.24) is 15.5 Å². The summed E-state index contributed by atoms with van der Waals surface area (Å²) in [5, 5.41) is 6.80. The lowest BCUT2D eigenvalue weighted by Crippen LogP contribution is -2.39. The first-order chi connectivity index (χ1) is 14.0. The molecule has 0 saturated carbocycles. The van der Waals surface area contributed by atoms with Gasteiger partial charge in [-0.2, -0.15) is 0 Å². The summed E-state index contributed by atoms with van der Waals surface area (Å²) in [5.41, 5.74) is 8.04. The number of aliphatic imine (C=N–C) groups is 1. The standard InChI is InChI=1S/C23H39N5O.HI/c1-4-25-23(27-17-19(3)21-9-7-8-18(2)16-21)26-12-5-6-13-28-14-10-20(11-15-28)22(24)29;/h7-9,16,19-20H,4-6,10-15,17H2,1-3H3,(H2,24,29)(H2,25,26,27);1H. The van der Waals surface area contributed by atoms with Gasteiger partial charge in [-0.05, 0) is 64.7 Å². The van der Waals surface area contributed by atoms with E-state index < -0.39 is 0 Å². The second-order valence-electron chi connectivity index (χ2n) is 8.19. The van der Waals surface area contributed by atoms with Gasteiger partial charge in [-0.3, -0.25) is 9.79 Å². The molecule has 1 aliphatic heterocycles. The van der Waals surface area contributed by atoms with E-state index in [1.165, 1.54) is 11.1 Å². The molecule has 1 atom stereocenters. The number of halogens is 1. The topological polar surface area (TPSA) is 82.8 Å². The highest BCUT2D eigenvalue weighted by Gasteiger charge is 2.22. The third-order valence-corrected chi connectivity index (χ3v) is 5.66. The first-order valence-corrected chi connectivity index (χ1v) is 11.1. The van der Waals surface area contributed by atoms with Crippen LogP contribution in [0.3, 0.4) is 0 Å². The molecule has 1 amide bonds. The van der Waals surface area contributed by atoms with Crippen molar-refractivity contribution in [2.45, 2.75) is 52.4 Å². The summed E-state index contributed by atoms with van der Waals surface area (Å²) in [4.78, 5) is 18.5. The van der Waals surface area contributed by atoms with Crippen LogP contribution >= 0.6 is 24.0 Å². The van der Waals surface area contributed by atoms with Crippen molar-refractivity contribution in [3.05, 3.63) is 35.4 Å². The van der Waals surface area contributed by atoms with Gasteiger partial charge < -0.3 is 21.3 Å². The monoisotopic (exact) mass is 529 g/mol. The van der Waals surface area contributed by atoms with Crippen molar-refractivity contribution >= 4 is 35.8 Å². The molecule has 1 saturated heterocycles. The third-order valence-electron chi connectivity index (χ3n) is 5.66. The van der Waals surface area contributed by atoms with Crippen LogP contribution in [0.15, 0.2) is 29.3 Å². The maximum atomic E-state index is 11.2. The Labute approximate surface area is 199 Å². The number of aryl methyl sites for hydroxylation is 1. The van der Waals surface area contributed by atoms with Crippen LogP contribution in [-0.2, 0) is 4.79 Å². The first kappa shape index (κ1) is 26.7. The number of likely N-dealkylation sites (tertiary alicyclic amines) is 1. The summed E-state index contributed by atoms with van der Waals surface area (Å²) in [6.45, 7) is 12.1. The normalized spacial score (nSPS) is 16.6. The number of carbonyl (C=O) groups is 1. The first-order valence-electron chi connectivity index (χ1n) is 11.1. The van der Waals surface area contributed by atoms with Gasteiger partial charge in [0.15, 0.2) is 5.96 Å². The summed E-state index contributed by atoms with van der Waals surface area (Å²) in [7, 11) is 0. The molecule has 1 aromatic carbocycles. The zero-order valence-corrected chi connectivity index (χ0v) is 21.2. The molecular weight excluding hydrogens is 489 g/mol. The Morgan fingerprint density at radius 2 is 2.00 bits per heavy atom. The molecule has 2 rings (SSSR count). The highest BCUT2D eigenvalue weighted by molar-refractivity contribution is 14.0. The van der Waals surface area contributed by atoms with Crippen LogP contribution in [-0.4, -0.2) is 56.0 Å². The summed E-state index contributed by atoms with van der Waals surface area (Å²) in [6.07, 6.45) is 4.06. The fourth-order valence-corrected chi connectivity index (χ4v) is 3.76. The van der Waals surface area contributed by atoms with Gasteiger partial charge in [0.2, 0.25) is 5.91 Å². The number of primary amides is 1. The minimum atomic E-state index is -0.138. The lowest BCUT2D eigenvalue weighted by atomic mass is 9.96. The van der Waals surface area contributed by atoms with Crippen molar-refractivity contribution in [2.75, 3.05) is 39.3 Å². The highest BCUT2D eigenvalue weighted by atomic mass is 127. The summed E-state index contributed by atoms with van der Waals surface area (Å²) >= 11 is 0. The third kappa shape index (κ3) is 9.64. The van der Waals surface area contributed by atoms with E-state index in [4.69, 9.17) is 10.7 Å². The van der Waals surface area contributed by atoms with E-state index in [-0.39, 0.29) is 35.8 Å².